The Hall–Kier alpha value is -1.06. The highest BCUT2D eigenvalue weighted by molar-refractivity contribution is 5.84. The van der Waals surface area contributed by atoms with Crippen molar-refractivity contribution in [3.63, 3.8) is 0 Å². The molecule has 0 N–H and O–H groups in total. The first-order valence-corrected chi connectivity index (χ1v) is 9.39. The summed E-state index contributed by atoms with van der Waals surface area (Å²) in [5, 5.41) is 0. The van der Waals surface area contributed by atoms with Crippen molar-refractivity contribution in [1.82, 2.24) is 9.80 Å². The van der Waals surface area contributed by atoms with E-state index in [4.69, 9.17) is 0 Å². The predicted octanol–water partition coefficient (Wildman–Crippen LogP) is 3.70. The van der Waals surface area contributed by atoms with Gasteiger partial charge in [0.2, 0.25) is 11.8 Å². The van der Waals surface area contributed by atoms with Crippen LogP contribution in [-0.2, 0) is 9.59 Å². The molecule has 1 saturated heterocycles. The van der Waals surface area contributed by atoms with Crippen LogP contribution in [0.1, 0.15) is 73.1 Å². The van der Waals surface area contributed by atoms with Gasteiger partial charge in [-0.3, -0.25) is 9.59 Å². The lowest BCUT2D eigenvalue weighted by molar-refractivity contribution is -0.145. The summed E-state index contributed by atoms with van der Waals surface area (Å²) < 4.78 is 0. The molecule has 0 radical (unpaired) electrons. The van der Waals surface area contributed by atoms with Gasteiger partial charge in [0.15, 0.2) is 0 Å². The Morgan fingerprint density at radius 2 is 1.65 bits per heavy atom. The average Bonchev–Trinajstić information content (AvgIpc) is 2.53. The summed E-state index contributed by atoms with van der Waals surface area (Å²) in [7, 11) is 0. The van der Waals surface area contributed by atoms with Gasteiger partial charge in [-0.1, -0.05) is 47.5 Å². The lowest BCUT2D eigenvalue weighted by Gasteiger charge is -2.37. The monoisotopic (exact) mass is 324 g/mol. The Morgan fingerprint density at radius 1 is 1.09 bits per heavy atom. The molecule has 0 aromatic rings. The minimum atomic E-state index is -0.366. The van der Waals surface area contributed by atoms with E-state index in [1.165, 1.54) is 0 Å². The van der Waals surface area contributed by atoms with Gasteiger partial charge in [0, 0.05) is 31.6 Å². The summed E-state index contributed by atoms with van der Waals surface area (Å²) in [5.41, 5.74) is -0.366. The molecular weight excluding hydrogens is 288 g/mol. The summed E-state index contributed by atoms with van der Waals surface area (Å²) in [6, 6.07) is 0. The van der Waals surface area contributed by atoms with Gasteiger partial charge >= 0.3 is 0 Å². The van der Waals surface area contributed by atoms with Crippen LogP contribution in [0, 0.1) is 11.3 Å². The fourth-order valence-corrected chi connectivity index (χ4v) is 3.13. The molecule has 23 heavy (non-hydrogen) atoms. The number of likely N-dealkylation sites (tertiary alicyclic amines) is 1. The summed E-state index contributed by atoms with van der Waals surface area (Å²) in [6.45, 7) is 13.3. The van der Waals surface area contributed by atoms with Crippen LogP contribution in [0.3, 0.4) is 0 Å². The molecular formula is C19H36N2O2. The van der Waals surface area contributed by atoms with E-state index in [-0.39, 0.29) is 23.1 Å². The number of carbonyl (C=O) groups excluding carboxylic acids is 2. The summed E-state index contributed by atoms with van der Waals surface area (Å²) >= 11 is 0. The molecule has 0 spiro atoms. The number of hydrogen-bond donors (Lipinski definition) is 0. The quantitative estimate of drug-likeness (QED) is 0.716. The van der Waals surface area contributed by atoms with Crippen molar-refractivity contribution in [3.8, 4) is 0 Å². The molecule has 1 unspecified atom stereocenters. The van der Waals surface area contributed by atoms with Gasteiger partial charge in [0.25, 0.3) is 0 Å². The third-order valence-electron chi connectivity index (χ3n) is 4.57. The zero-order valence-corrected chi connectivity index (χ0v) is 15.9. The molecule has 0 aliphatic carbocycles. The van der Waals surface area contributed by atoms with Gasteiger partial charge in [-0.15, -0.1) is 0 Å². The first-order valence-electron chi connectivity index (χ1n) is 9.39. The van der Waals surface area contributed by atoms with E-state index >= 15 is 0 Å². The standard InChI is InChI=1S/C19H36N2O2/c1-6-8-12-20(13-9-7-2)17(22)16-11-10-14-21(15-16)18(23)19(3,4)5/h16H,6-15H2,1-5H3. The summed E-state index contributed by atoms with van der Waals surface area (Å²) in [5.74, 6) is 0.422. The lowest BCUT2D eigenvalue weighted by atomic mass is 9.90. The fourth-order valence-electron chi connectivity index (χ4n) is 3.13. The van der Waals surface area contributed by atoms with Crippen molar-refractivity contribution in [3.05, 3.63) is 0 Å². The maximum atomic E-state index is 12.9. The van der Waals surface area contributed by atoms with Crippen molar-refractivity contribution < 1.29 is 9.59 Å². The van der Waals surface area contributed by atoms with Crippen LogP contribution in [0.4, 0.5) is 0 Å². The van der Waals surface area contributed by atoms with Crippen molar-refractivity contribution in [2.45, 2.75) is 73.1 Å². The smallest absolute Gasteiger partial charge is 0.227 e. The molecule has 2 amide bonds. The van der Waals surface area contributed by atoms with Crippen LogP contribution < -0.4 is 0 Å². The minimum Gasteiger partial charge on any atom is -0.342 e. The van der Waals surface area contributed by atoms with Gasteiger partial charge in [0.05, 0.1) is 5.92 Å². The van der Waals surface area contributed by atoms with Crippen LogP contribution in [0.2, 0.25) is 0 Å². The predicted molar refractivity (Wildman–Crippen MR) is 95.2 cm³/mol. The average molecular weight is 325 g/mol. The highest BCUT2D eigenvalue weighted by atomic mass is 16.2. The van der Waals surface area contributed by atoms with Gasteiger partial charge in [-0.25, -0.2) is 0 Å². The molecule has 0 saturated carbocycles. The Kier molecular flexibility index (Phi) is 8.07. The largest absolute Gasteiger partial charge is 0.342 e. The molecule has 1 aliphatic rings. The zero-order chi connectivity index (χ0) is 17.5. The second-order valence-electron chi connectivity index (χ2n) is 7.87. The summed E-state index contributed by atoms with van der Waals surface area (Å²) in [6.07, 6.45) is 6.19. The van der Waals surface area contributed by atoms with Gasteiger partial charge in [-0.05, 0) is 25.7 Å². The fraction of sp³-hybridized carbons (Fsp3) is 0.895. The van der Waals surface area contributed by atoms with Crippen LogP contribution >= 0.6 is 0 Å². The molecule has 0 bridgehead atoms. The van der Waals surface area contributed by atoms with E-state index in [0.717, 1.165) is 58.2 Å². The molecule has 1 rings (SSSR count). The molecule has 0 aromatic carbocycles. The highest BCUT2D eigenvalue weighted by Crippen LogP contribution is 2.25. The van der Waals surface area contributed by atoms with Crippen molar-refractivity contribution in [1.29, 1.82) is 0 Å². The molecule has 1 fully saturated rings. The Labute approximate surface area is 142 Å². The number of amides is 2. The molecule has 4 nitrogen and oxygen atoms in total. The van der Waals surface area contributed by atoms with Crippen LogP contribution in [0.15, 0.2) is 0 Å². The first-order chi connectivity index (χ1) is 10.8. The highest BCUT2D eigenvalue weighted by Gasteiger charge is 2.34. The number of piperidine rings is 1. The number of carbonyl (C=O) groups is 2. The maximum absolute atomic E-state index is 12.9. The topological polar surface area (TPSA) is 40.6 Å². The Bertz CT molecular complexity index is 379. The Morgan fingerprint density at radius 3 is 2.13 bits per heavy atom. The molecule has 1 aliphatic heterocycles. The Balaban J connectivity index is 2.70. The van der Waals surface area contributed by atoms with Gasteiger partial charge < -0.3 is 9.80 Å². The van der Waals surface area contributed by atoms with E-state index < -0.39 is 0 Å². The van der Waals surface area contributed by atoms with Crippen molar-refractivity contribution >= 4 is 11.8 Å². The van der Waals surface area contributed by atoms with Gasteiger partial charge in [-0.2, -0.15) is 0 Å². The van der Waals surface area contributed by atoms with E-state index in [1.807, 2.05) is 30.6 Å². The number of rotatable bonds is 7. The molecule has 134 valence electrons. The van der Waals surface area contributed by atoms with Crippen molar-refractivity contribution in [2.24, 2.45) is 11.3 Å². The van der Waals surface area contributed by atoms with Crippen LogP contribution in [-0.4, -0.2) is 47.8 Å². The number of hydrogen-bond acceptors (Lipinski definition) is 2. The number of unbranched alkanes of at least 4 members (excludes halogenated alkanes) is 2. The minimum absolute atomic E-state index is 0.0104. The molecule has 1 atom stereocenters. The SMILES string of the molecule is CCCCN(CCCC)C(=O)C1CCCN(C(=O)C(C)(C)C)C1. The third-order valence-corrected chi connectivity index (χ3v) is 4.57. The van der Waals surface area contributed by atoms with E-state index in [1.54, 1.807) is 0 Å². The molecule has 1 heterocycles. The second kappa shape index (κ2) is 9.29. The van der Waals surface area contributed by atoms with E-state index in [0.29, 0.717) is 6.54 Å². The molecule has 0 aromatic heterocycles. The normalized spacial score (nSPS) is 18.8. The number of nitrogens with zero attached hydrogens (tertiary/aromatic N) is 2. The lowest BCUT2D eigenvalue weighted by Crippen LogP contribution is -2.49. The summed E-state index contributed by atoms with van der Waals surface area (Å²) in [4.78, 5) is 29.4. The second-order valence-corrected chi connectivity index (χ2v) is 7.87. The van der Waals surface area contributed by atoms with E-state index in [9.17, 15) is 9.59 Å². The third kappa shape index (κ3) is 6.15. The van der Waals surface area contributed by atoms with Crippen molar-refractivity contribution in [2.75, 3.05) is 26.2 Å². The van der Waals surface area contributed by atoms with E-state index in [2.05, 4.69) is 13.8 Å². The van der Waals surface area contributed by atoms with Crippen LogP contribution in [0.5, 0.6) is 0 Å². The first kappa shape index (κ1) is 20.0. The maximum Gasteiger partial charge on any atom is 0.227 e. The molecule has 4 heteroatoms. The van der Waals surface area contributed by atoms with Gasteiger partial charge in [0.1, 0.15) is 0 Å². The van der Waals surface area contributed by atoms with Crippen LogP contribution in [0.25, 0.3) is 0 Å². The zero-order valence-electron chi connectivity index (χ0n) is 15.9.